The molecule has 5 nitrogen and oxygen atoms in total. The normalized spacial score (nSPS) is 10.8. The zero-order valence-electron chi connectivity index (χ0n) is 10.5. The number of halogens is 2. The fraction of sp³-hybridized carbons (Fsp3) is 0. The van der Waals surface area contributed by atoms with Gasteiger partial charge in [0, 0.05) is 10.0 Å². The first-order valence-electron chi connectivity index (χ1n) is 5.78. The number of hydrogen-bond acceptors (Lipinski definition) is 4. The van der Waals surface area contributed by atoms with E-state index in [1.807, 2.05) is 0 Å². The van der Waals surface area contributed by atoms with Crippen LogP contribution in [-0.4, -0.2) is 22.4 Å². The summed E-state index contributed by atoms with van der Waals surface area (Å²) < 4.78 is 1.31. The molecule has 108 valence electrons. The maximum absolute atomic E-state index is 11.1. The number of phenolic OH excluding ortho intramolecular Hbond substituents is 1. The van der Waals surface area contributed by atoms with Crippen LogP contribution in [0.25, 0.3) is 0 Å². The topological polar surface area (TPSA) is 81.9 Å². The Bertz CT molecular complexity index is 717. The van der Waals surface area contributed by atoms with Crippen LogP contribution >= 0.6 is 31.9 Å². The molecule has 21 heavy (non-hydrogen) atoms. The highest BCUT2D eigenvalue weighted by molar-refractivity contribution is 9.11. The van der Waals surface area contributed by atoms with Gasteiger partial charge in [0.2, 0.25) is 0 Å². The number of aromatic hydroxyl groups is 1. The van der Waals surface area contributed by atoms with E-state index in [0.717, 1.165) is 4.47 Å². The van der Waals surface area contributed by atoms with Crippen molar-refractivity contribution in [2.24, 2.45) is 5.10 Å². The maximum Gasteiger partial charge on any atom is 0.337 e. The third kappa shape index (κ3) is 3.83. The monoisotopic (exact) mass is 412 g/mol. The van der Waals surface area contributed by atoms with Crippen molar-refractivity contribution in [3.05, 3.63) is 56.5 Å². The number of anilines is 1. The first-order chi connectivity index (χ1) is 9.99. The van der Waals surface area contributed by atoms with E-state index in [1.165, 1.54) is 12.3 Å². The number of carboxylic acids is 1. The van der Waals surface area contributed by atoms with Crippen LogP contribution in [0.2, 0.25) is 0 Å². The number of hydrazone groups is 1. The molecule has 0 spiro atoms. The van der Waals surface area contributed by atoms with Crippen LogP contribution in [0.1, 0.15) is 15.9 Å². The fourth-order valence-electron chi connectivity index (χ4n) is 1.62. The first kappa shape index (κ1) is 15.5. The van der Waals surface area contributed by atoms with Gasteiger partial charge in [-0.05, 0) is 40.2 Å². The summed E-state index contributed by atoms with van der Waals surface area (Å²) >= 11 is 6.54. The Morgan fingerprint density at radius 1 is 1.24 bits per heavy atom. The second-order valence-corrected chi connectivity index (χ2v) is 5.82. The number of aromatic carboxylic acids is 1. The van der Waals surface area contributed by atoms with Crippen molar-refractivity contribution in [2.75, 3.05) is 5.43 Å². The lowest BCUT2D eigenvalue weighted by molar-refractivity contribution is 0.0698. The predicted octanol–water partition coefficient (Wildman–Crippen LogP) is 4.06. The minimum Gasteiger partial charge on any atom is -0.506 e. The Balaban J connectivity index is 2.23. The van der Waals surface area contributed by atoms with Crippen molar-refractivity contribution in [2.45, 2.75) is 0 Å². The number of rotatable bonds is 4. The van der Waals surface area contributed by atoms with Crippen molar-refractivity contribution in [1.82, 2.24) is 0 Å². The summed E-state index contributed by atoms with van der Waals surface area (Å²) in [6.45, 7) is 0. The molecule has 0 unspecified atom stereocenters. The summed E-state index contributed by atoms with van der Waals surface area (Å²) in [5.74, 6) is -0.989. The molecular formula is C14H10Br2N2O3. The third-order valence-electron chi connectivity index (χ3n) is 2.60. The average Bonchev–Trinajstić information content (AvgIpc) is 2.44. The van der Waals surface area contributed by atoms with Crippen LogP contribution in [-0.2, 0) is 0 Å². The van der Waals surface area contributed by atoms with E-state index < -0.39 is 5.97 Å². The van der Waals surface area contributed by atoms with Crippen LogP contribution in [0.15, 0.2) is 50.4 Å². The predicted molar refractivity (Wildman–Crippen MR) is 88.1 cm³/mol. The largest absolute Gasteiger partial charge is 0.506 e. The molecular weight excluding hydrogens is 404 g/mol. The molecule has 2 aromatic rings. The summed E-state index contributed by atoms with van der Waals surface area (Å²) in [7, 11) is 0. The molecule has 0 amide bonds. The van der Waals surface area contributed by atoms with Gasteiger partial charge < -0.3 is 10.2 Å². The van der Waals surface area contributed by atoms with E-state index in [-0.39, 0.29) is 11.3 Å². The highest BCUT2D eigenvalue weighted by Gasteiger charge is 2.08. The first-order valence-corrected chi connectivity index (χ1v) is 7.37. The second kappa shape index (κ2) is 6.73. The molecule has 2 aromatic carbocycles. The molecule has 0 saturated heterocycles. The van der Waals surface area contributed by atoms with E-state index in [9.17, 15) is 9.90 Å². The number of phenols is 1. The highest BCUT2D eigenvalue weighted by Crippen LogP contribution is 2.30. The van der Waals surface area contributed by atoms with Gasteiger partial charge in [-0.15, -0.1) is 0 Å². The van der Waals surface area contributed by atoms with Gasteiger partial charge in [-0.2, -0.15) is 5.10 Å². The van der Waals surface area contributed by atoms with E-state index >= 15 is 0 Å². The standard InChI is InChI=1S/C14H10Br2N2O3/c15-9-5-8(13(19)11(16)6-9)7-17-18-12-4-2-1-3-10(12)14(20)21/h1-7,18-19H,(H,20,21). The van der Waals surface area contributed by atoms with Gasteiger partial charge in [0.05, 0.1) is 21.9 Å². The average molecular weight is 414 g/mol. The zero-order chi connectivity index (χ0) is 15.4. The summed E-state index contributed by atoms with van der Waals surface area (Å²) in [6.07, 6.45) is 1.41. The second-order valence-electron chi connectivity index (χ2n) is 4.05. The molecule has 0 aliphatic carbocycles. The van der Waals surface area contributed by atoms with Crippen LogP contribution in [0.5, 0.6) is 5.75 Å². The quantitative estimate of drug-likeness (QED) is 0.521. The Morgan fingerprint density at radius 3 is 2.67 bits per heavy atom. The molecule has 0 atom stereocenters. The maximum atomic E-state index is 11.1. The molecule has 0 radical (unpaired) electrons. The van der Waals surface area contributed by atoms with E-state index in [0.29, 0.717) is 15.7 Å². The lowest BCUT2D eigenvalue weighted by atomic mass is 10.2. The number of carboxylic acid groups (broad SMARTS) is 1. The van der Waals surface area contributed by atoms with Gasteiger partial charge in [-0.1, -0.05) is 28.1 Å². The number of hydrogen-bond donors (Lipinski definition) is 3. The molecule has 0 bridgehead atoms. The Hall–Kier alpha value is -1.86. The molecule has 3 N–H and O–H groups in total. The molecule has 0 saturated carbocycles. The number of benzene rings is 2. The van der Waals surface area contributed by atoms with Gasteiger partial charge in [0.15, 0.2) is 0 Å². The van der Waals surface area contributed by atoms with E-state index in [1.54, 1.807) is 30.3 Å². The van der Waals surface area contributed by atoms with Gasteiger partial charge in [0.1, 0.15) is 5.75 Å². The molecule has 0 aliphatic heterocycles. The fourth-order valence-corrected chi connectivity index (χ4v) is 2.88. The van der Waals surface area contributed by atoms with E-state index in [2.05, 4.69) is 42.4 Å². The van der Waals surface area contributed by atoms with Gasteiger partial charge >= 0.3 is 5.97 Å². The van der Waals surface area contributed by atoms with Crippen LogP contribution in [0.4, 0.5) is 5.69 Å². The Morgan fingerprint density at radius 2 is 1.95 bits per heavy atom. The Kier molecular flexibility index (Phi) is 4.98. The van der Waals surface area contributed by atoms with Crippen LogP contribution < -0.4 is 5.43 Å². The van der Waals surface area contributed by atoms with Gasteiger partial charge in [-0.25, -0.2) is 4.79 Å². The molecule has 0 aromatic heterocycles. The van der Waals surface area contributed by atoms with Gasteiger partial charge in [-0.3, -0.25) is 5.43 Å². The third-order valence-corrected chi connectivity index (χ3v) is 3.67. The minimum atomic E-state index is -1.04. The number of nitrogens with one attached hydrogen (secondary N) is 1. The van der Waals surface area contributed by atoms with Crippen LogP contribution in [0.3, 0.4) is 0 Å². The van der Waals surface area contributed by atoms with Crippen LogP contribution in [0, 0.1) is 0 Å². The summed E-state index contributed by atoms with van der Waals surface area (Å²) in [5, 5.41) is 22.9. The number of nitrogens with zero attached hydrogens (tertiary/aromatic N) is 1. The summed E-state index contributed by atoms with van der Waals surface area (Å²) in [6, 6.07) is 9.83. The van der Waals surface area contributed by atoms with Crippen molar-refractivity contribution in [3.8, 4) is 5.75 Å². The van der Waals surface area contributed by atoms with Gasteiger partial charge in [0.25, 0.3) is 0 Å². The Labute approximate surface area is 137 Å². The molecule has 2 rings (SSSR count). The summed E-state index contributed by atoms with van der Waals surface area (Å²) in [5.41, 5.74) is 3.63. The number of carbonyl (C=O) groups is 1. The molecule has 7 heteroatoms. The number of para-hydroxylation sites is 1. The minimum absolute atomic E-state index is 0.0512. The zero-order valence-corrected chi connectivity index (χ0v) is 13.7. The van der Waals surface area contributed by atoms with Crippen molar-refractivity contribution in [3.63, 3.8) is 0 Å². The smallest absolute Gasteiger partial charge is 0.337 e. The molecule has 0 fully saturated rings. The highest BCUT2D eigenvalue weighted by atomic mass is 79.9. The lowest BCUT2D eigenvalue weighted by Crippen LogP contribution is -2.02. The molecule has 0 aliphatic rings. The summed E-state index contributed by atoms with van der Waals surface area (Å²) in [4.78, 5) is 11.1. The van der Waals surface area contributed by atoms with Crippen molar-refractivity contribution >= 4 is 49.7 Å². The van der Waals surface area contributed by atoms with Crippen molar-refractivity contribution < 1.29 is 15.0 Å². The van der Waals surface area contributed by atoms with Crippen molar-refractivity contribution in [1.29, 1.82) is 0 Å². The lowest BCUT2D eigenvalue weighted by Gasteiger charge is -2.05. The molecule has 0 heterocycles. The SMILES string of the molecule is O=C(O)c1ccccc1NN=Cc1cc(Br)cc(Br)c1O. The van der Waals surface area contributed by atoms with E-state index in [4.69, 9.17) is 5.11 Å².